The third kappa shape index (κ3) is 2.70. The van der Waals surface area contributed by atoms with Gasteiger partial charge in [0.15, 0.2) is 0 Å². The van der Waals surface area contributed by atoms with E-state index in [4.69, 9.17) is 14.2 Å². The lowest BCUT2D eigenvalue weighted by molar-refractivity contribution is 0.319. The third-order valence-corrected chi connectivity index (χ3v) is 5.76. The number of halogens is 1. The fourth-order valence-corrected chi connectivity index (χ4v) is 4.49. The highest BCUT2D eigenvalue weighted by molar-refractivity contribution is 9.10. The van der Waals surface area contributed by atoms with Crippen LogP contribution in [0.2, 0.25) is 0 Å². The maximum atomic E-state index is 5.89. The average Bonchev–Trinajstić information content (AvgIpc) is 2.54. The smallest absolute Gasteiger partial charge is 0.144 e. The van der Waals surface area contributed by atoms with Crippen molar-refractivity contribution in [2.75, 3.05) is 20.8 Å². The van der Waals surface area contributed by atoms with Crippen LogP contribution in [0.5, 0.6) is 17.2 Å². The van der Waals surface area contributed by atoms with Crippen LogP contribution in [0, 0.1) is 0 Å². The summed E-state index contributed by atoms with van der Waals surface area (Å²) in [6.45, 7) is 3.00. The largest absolute Gasteiger partial charge is 0.496 e. The van der Waals surface area contributed by atoms with Crippen LogP contribution in [0.1, 0.15) is 6.92 Å². The summed E-state index contributed by atoms with van der Waals surface area (Å²) >= 11 is 3.57. The van der Waals surface area contributed by atoms with E-state index in [9.17, 15) is 0 Å². The molecule has 0 amide bonds. The Morgan fingerprint density at radius 3 is 2.73 bits per heavy atom. The Kier molecular flexibility index (Phi) is 4.60. The molecule has 0 N–H and O–H groups in total. The van der Waals surface area contributed by atoms with Gasteiger partial charge >= 0.3 is 0 Å². The van der Waals surface area contributed by atoms with Gasteiger partial charge in [-0.05, 0) is 34.1 Å². The third-order valence-electron chi connectivity index (χ3n) is 3.67. The van der Waals surface area contributed by atoms with Gasteiger partial charge in [-0.3, -0.25) is 0 Å². The van der Waals surface area contributed by atoms with Crippen LogP contribution < -0.4 is 19.5 Å². The predicted molar refractivity (Wildman–Crippen MR) is 95.6 cm³/mol. The number of rotatable bonds is 3. The summed E-state index contributed by atoms with van der Waals surface area (Å²) in [5.41, 5.74) is 2.62. The van der Waals surface area contributed by atoms with Gasteiger partial charge in [0.05, 0.1) is 30.9 Å². The van der Waals surface area contributed by atoms with Crippen LogP contribution in [0.4, 0.5) is 0 Å². The maximum absolute atomic E-state index is 5.89. The second kappa shape index (κ2) is 6.47. The van der Waals surface area contributed by atoms with Crippen LogP contribution >= 0.6 is 24.5 Å². The van der Waals surface area contributed by atoms with E-state index < -0.39 is 0 Å². The van der Waals surface area contributed by atoms with Crippen molar-refractivity contribution in [2.45, 2.75) is 12.6 Å². The first-order valence-electron chi connectivity index (χ1n) is 7.09. The van der Waals surface area contributed by atoms with Gasteiger partial charge in [-0.25, -0.2) is 0 Å². The van der Waals surface area contributed by atoms with Crippen molar-refractivity contribution in [2.24, 2.45) is 0 Å². The lowest BCUT2D eigenvalue weighted by atomic mass is 10.0. The Bertz CT molecular complexity index is 703. The molecule has 0 spiro atoms. The van der Waals surface area contributed by atoms with Gasteiger partial charge in [-0.2, -0.15) is 0 Å². The zero-order valence-corrected chi connectivity index (χ0v) is 15.4. The molecule has 0 saturated heterocycles. The molecule has 2 atom stereocenters. The second-order valence-electron chi connectivity index (χ2n) is 5.19. The first-order chi connectivity index (χ1) is 10.7. The monoisotopic (exact) mass is 380 g/mol. The highest BCUT2D eigenvalue weighted by atomic mass is 79.9. The van der Waals surface area contributed by atoms with Crippen molar-refractivity contribution in [3.8, 4) is 28.4 Å². The van der Waals surface area contributed by atoms with Gasteiger partial charge in [0.25, 0.3) is 0 Å². The molecule has 1 heterocycles. The minimum atomic E-state index is 0.526. The molecule has 2 unspecified atom stereocenters. The van der Waals surface area contributed by atoms with Gasteiger partial charge in [0, 0.05) is 16.5 Å². The summed E-state index contributed by atoms with van der Waals surface area (Å²) in [6.07, 6.45) is 0. The fourth-order valence-electron chi connectivity index (χ4n) is 2.68. The zero-order chi connectivity index (χ0) is 15.7. The maximum Gasteiger partial charge on any atom is 0.144 e. The van der Waals surface area contributed by atoms with E-state index in [1.165, 1.54) is 5.30 Å². The Balaban J connectivity index is 2.26. The van der Waals surface area contributed by atoms with E-state index >= 15 is 0 Å². The van der Waals surface area contributed by atoms with Gasteiger partial charge in [0.1, 0.15) is 17.2 Å². The van der Waals surface area contributed by atoms with Crippen molar-refractivity contribution in [1.82, 2.24) is 0 Å². The van der Waals surface area contributed by atoms with Crippen molar-refractivity contribution in [3.05, 3.63) is 34.8 Å². The number of hydrogen-bond acceptors (Lipinski definition) is 3. The van der Waals surface area contributed by atoms with E-state index in [1.54, 1.807) is 14.2 Å². The van der Waals surface area contributed by atoms with E-state index in [2.05, 4.69) is 28.9 Å². The molecule has 0 fully saturated rings. The number of methoxy groups -OCH3 is 2. The van der Waals surface area contributed by atoms with E-state index in [0.29, 0.717) is 14.2 Å². The van der Waals surface area contributed by atoms with Crippen molar-refractivity contribution < 1.29 is 14.2 Å². The molecule has 3 nitrogen and oxygen atoms in total. The van der Waals surface area contributed by atoms with Crippen LogP contribution in [-0.2, 0) is 0 Å². The molecule has 22 heavy (non-hydrogen) atoms. The number of fused-ring (bicyclic) bond motifs is 1. The van der Waals surface area contributed by atoms with Gasteiger partial charge in [-0.15, -0.1) is 0 Å². The first-order valence-corrected chi connectivity index (χ1v) is 8.96. The lowest BCUT2D eigenvalue weighted by Gasteiger charge is -2.26. The van der Waals surface area contributed by atoms with Crippen molar-refractivity contribution >= 4 is 29.8 Å². The van der Waals surface area contributed by atoms with Crippen LogP contribution in [0.15, 0.2) is 34.8 Å². The molecule has 0 bridgehead atoms. The topological polar surface area (TPSA) is 27.7 Å². The predicted octanol–water partition coefficient (Wildman–Crippen LogP) is 4.22. The van der Waals surface area contributed by atoms with Gasteiger partial charge < -0.3 is 14.2 Å². The van der Waals surface area contributed by atoms with E-state index in [-0.39, 0.29) is 0 Å². The summed E-state index contributed by atoms with van der Waals surface area (Å²) in [6, 6.07) is 10.1. The molecular weight excluding hydrogens is 363 g/mol. The summed E-state index contributed by atoms with van der Waals surface area (Å²) in [5, 5.41) is 1.25. The van der Waals surface area contributed by atoms with Crippen LogP contribution in [0.25, 0.3) is 11.1 Å². The average molecular weight is 381 g/mol. The minimum Gasteiger partial charge on any atom is -0.496 e. The highest BCUT2D eigenvalue weighted by Gasteiger charge is 2.24. The Labute approximate surface area is 140 Å². The molecule has 0 radical (unpaired) electrons. The van der Waals surface area contributed by atoms with Crippen LogP contribution in [-0.4, -0.2) is 26.5 Å². The Morgan fingerprint density at radius 1 is 1.18 bits per heavy atom. The molecular formula is C17H18BrO3P. The minimum absolute atomic E-state index is 0.526. The molecule has 0 aliphatic carbocycles. The SMILES string of the molecule is COc1ccc(Br)c(OC)c1-c1cccc2c1PC(C)CO2. The molecule has 0 saturated carbocycles. The Morgan fingerprint density at radius 2 is 2.00 bits per heavy atom. The molecule has 3 rings (SSSR count). The summed E-state index contributed by atoms with van der Waals surface area (Å²) in [7, 11) is 4.08. The standard InChI is InChI=1S/C17H18BrO3P/c1-10-9-21-14-6-4-5-11(17(14)22-10)15-13(19-2)8-7-12(18)16(15)20-3/h4-8,10,22H,9H2,1-3H3. The molecule has 5 heteroatoms. The summed E-state index contributed by atoms with van der Waals surface area (Å²) < 4.78 is 18.0. The lowest BCUT2D eigenvalue weighted by Crippen LogP contribution is -2.22. The summed E-state index contributed by atoms with van der Waals surface area (Å²) in [5.74, 6) is 2.56. The van der Waals surface area contributed by atoms with Gasteiger partial charge in [-0.1, -0.05) is 27.6 Å². The van der Waals surface area contributed by atoms with Crippen molar-refractivity contribution in [1.29, 1.82) is 0 Å². The van der Waals surface area contributed by atoms with Crippen LogP contribution in [0.3, 0.4) is 0 Å². The fraction of sp³-hybridized carbons (Fsp3) is 0.294. The molecule has 2 aromatic carbocycles. The van der Waals surface area contributed by atoms with Gasteiger partial charge in [0.2, 0.25) is 0 Å². The molecule has 1 aliphatic heterocycles. The summed E-state index contributed by atoms with van der Waals surface area (Å²) in [4.78, 5) is 0. The van der Waals surface area contributed by atoms with Crippen molar-refractivity contribution in [3.63, 3.8) is 0 Å². The second-order valence-corrected chi connectivity index (χ2v) is 7.82. The molecule has 0 aromatic heterocycles. The van der Waals surface area contributed by atoms with E-state index in [1.807, 2.05) is 24.3 Å². The normalized spacial score (nSPS) is 17.7. The number of ether oxygens (including phenoxy) is 3. The molecule has 1 aliphatic rings. The number of benzene rings is 2. The molecule has 2 aromatic rings. The molecule has 116 valence electrons. The number of hydrogen-bond donors (Lipinski definition) is 0. The van der Waals surface area contributed by atoms with E-state index in [0.717, 1.165) is 39.5 Å². The first kappa shape index (κ1) is 15.6. The highest BCUT2D eigenvalue weighted by Crippen LogP contribution is 2.45. The zero-order valence-electron chi connectivity index (χ0n) is 12.8. The Hall–Kier alpha value is -1.25. The quantitative estimate of drug-likeness (QED) is 0.746.